The molecule has 1 aliphatic carbocycles. The van der Waals surface area contributed by atoms with Crippen molar-refractivity contribution in [2.75, 3.05) is 37.2 Å². The van der Waals surface area contributed by atoms with E-state index in [4.69, 9.17) is 0 Å². The van der Waals surface area contributed by atoms with E-state index in [1.54, 1.807) is 29.5 Å². The van der Waals surface area contributed by atoms with E-state index in [1.807, 2.05) is 48.3 Å². The molecule has 202 valence electrons. The van der Waals surface area contributed by atoms with Gasteiger partial charge in [-0.1, -0.05) is 24.8 Å². The minimum atomic E-state index is -0.336. The lowest BCUT2D eigenvalue weighted by Crippen LogP contribution is -2.45. The lowest BCUT2D eigenvalue weighted by atomic mass is 10.1. The minimum absolute atomic E-state index is 0.0154. The van der Waals surface area contributed by atoms with E-state index >= 15 is 0 Å². The molecule has 1 aliphatic rings. The average molecular weight is 546 g/mol. The highest BCUT2D eigenvalue weighted by Gasteiger charge is 2.19. The van der Waals surface area contributed by atoms with E-state index in [9.17, 15) is 14.4 Å². The highest BCUT2D eigenvalue weighted by molar-refractivity contribution is 7.99. The lowest BCUT2D eigenvalue weighted by Gasteiger charge is -2.19. The molecule has 3 amide bonds. The summed E-state index contributed by atoms with van der Waals surface area (Å²) in [5.41, 5.74) is 2.65. The summed E-state index contributed by atoms with van der Waals surface area (Å²) in [6.07, 6.45) is 6.83. The van der Waals surface area contributed by atoms with Crippen LogP contribution in [0.4, 0.5) is 5.69 Å². The predicted molar refractivity (Wildman–Crippen MR) is 153 cm³/mol. The molecule has 8 nitrogen and oxygen atoms in total. The van der Waals surface area contributed by atoms with Crippen LogP contribution in [-0.2, 0) is 4.79 Å². The first kappa shape index (κ1) is 29.0. The van der Waals surface area contributed by atoms with Gasteiger partial charge in [0.05, 0.1) is 12.1 Å². The molecule has 1 aromatic carbocycles. The Morgan fingerprint density at radius 3 is 2.41 bits per heavy atom. The van der Waals surface area contributed by atoms with Crippen LogP contribution in [0.1, 0.15) is 71.9 Å². The zero-order chi connectivity index (χ0) is 26.8. The fraction of sp³-hybridized carbons (Fsp3) is 0.519. The van der Waals surface area contributed by atoms with Gasteiger partial charge in [0.2, 0.25) is 5.91 Å². The topological polar surface area (TPSA) is 103 Å². The SMILES string of the molecule is CSN(C)c1cc(C(=O)NCCN[C@@H](C)C(=O)NCC2CCCC2)cc(C(=O)NC(C)c2ccsc2)c1. The van der Waals surface area contributed by atoms with Crippen LogP contribution in [0.3, 0.4) is 0 Å². The molecule has 0 saturated heterocycles. The Bertz CT molecular complexity index is 1040. The number of anilines is 1. The number of benzene rings is 1. The van der Waals surface area contributed by atoms with Gasteiger partial charge in [-0.25, -0.2) is 0 Å². The van der Waals surface area contributed by atoms with Gasteiger partial charge in [0.1, 0.15) is 0 Å². The van der Waals surface area contributed by atoms with Gasteiger partial charge in [0.15, 0.2) is 0 Å². The number of hydrogen-bond donors (Lipinski definition) is 4. The van der Waals surface area contributed by atoms with Crippen molar-refractivity contribution in [3.8, 4) is 0 Å². The number of thiophene rings is 1. The van der Waals surface area contributed by atoms with Gasteiger partial charge in [-0.05, 0) is 73.2 Å². The number of hydrogen-bond acceptors (Lipinski definition) is 7. The van der Waals surface area contributed by atoms with Gasteiger partial charge < -0.3 is 25.6 Å². The Hall–Kier alpha value is -2.56. The zero-order valence-electron chi connectivity index (χ0n) is 22.1. The van der Waals surface area contributed by atoms with Crippen LogP contribution in [0.5, 0.6) is 0 Å². The summed E-state index contributed by atoms with van der Waals surface area (Å²) in [6.45, 7) is 5.33. The standard InChI is InChI=1S/C27H39N5O3S2/c1-18(21-9-12-37-17-21)31-27(35)23-13-22(14-24(15-23)32(3)36-4)26(34)29-11-10-28-19(2)25(33)30-16-20-7-5-6-8-20/h9,12-15,17-20,28H,5-8,10-11,16H2,1-4H3,(H,29,34)(H,30,33)(H,31,35)/t18?,19-/m0/s1. The third-order valence-electron chi connectivity index (χ3n) is 6.76. The molecule has 1 fully saturated rings. The number of carbonyl (C=O) groups is 3. The Labute approximate surface area is 228 Å². The van der Waals surface area contributed by atoms with Gasteiger partial charge in [-0.2, -0.15) is 11.3 Å². The first-order valence-electron chi connectivity index (χ1n) is 12.8. The van der Waals surface area contributed by atoms with Crippen molar-refractivity contribution < 1.29 is 14.4 Å². The average Bonchev–Trinajstić information content (AvgIpc) is 3.63. The number of amides is 3. The van der Waals surface area contributed by atoms with E-state index in [0.29, 0.717) is 30.1 Å². The molecule has 0 bridgehead atoms. The molecule has 1 aromatic heterocycles. The first-order valence-corrected chi connectivity index (χ1v) is 15.0. The second kappa shape index (κ2) is 14.4. The van der Waals surface area contributed by atoms with Crippen molar-refractivity contribution in [2.24, 2.45) is 5.92 Å². The van der Waals surface area contributed by atoms with Crippen molar-refractivity contribution in [3.63, 3.8) is 0 Å². The summed E-state index contributed by atoms with van der Waals surface area (Å²) in [4.78, 5) is 38.3. The molecule has 0 aliphatic heterocycles. The predicted octanol–water partition coefficient (Wildman–Crippen LogP) is 3.97. The van der Waals surface area contributed by atoms with Crippen LogP contribution >= 0.6 is 23.3 Å². The second-order valence-corrected chi connectivity index (χ2v) is 11.2. The molecular weight excluding hydrogens is 506 g/mol. The number of nitrogens with one attached hydrogen (secondary N) is 4. The molecule has 1 unspecified atom stereocenters. The normalized spacial score (nSPS) is 15.1. The van der Waals surface area contributed by atoms with Crippen molar-refractivity contribution in [1.29, 1.82) is 0 Å². The maximum atomic E-state index is 13.0. The van der Waals surface area contributed by atoms with Crippen LogP contribution < -0.4 is 25.6 Å². The van der Waals surface area contributed by atoms with E-state index in [-0.39, 0.29) is 29.8 Å². The molecule has 2 aromatic rings. The maximum Gasteiger partial charge on any atom is 0.251 e. The van der Waals surface area contributed by atoms with Crippen LogP contribution in [0.25, 0.3) is 0 Å². The molecule has 0 radical (unpaired) electrons. The van der Waals surface area contributed by atoms with E-state index in [2.05, 4.69) is 21.3 Å². The third-order valence-corrected chi connectivity index (χ3v) is 8.22. The van der Waals surface area contributed by atoms with Gasteiger partial charge >= 0.3 is 0 Å². The highest BCUT2D eigenvalue weighted by Crippen LogP contribution is 2.24. The van der Waals surface area contributed by atoms with Crippen molar-refractivity contribution >= 4 is 46.7 Å². The fourth-order valence-electron chi connectivity index (χ4n) is 4.32. The van der Waals surface area contributed by atoms with Crippen LogP contribution in [0, 0.1) is 5.92 Å². The van der Waals surface area contributed by atoms with Crippen molar-refractivity contribution in [1.82, 2.24) is 21.3 Å². The smallest absolute Gasteiger partial charge is 0.251 e. The summed E-state index contributed by atoms with van der Waals surface area (Å²) < 4.78 is 1.91. The van der Waals surface area contributed by atoms with E-state index in [1.165, 1.54) is 37.6 Å². The highest BCUT2D eigenvalue weighted by atomic mass is 32.2. The Kier molecular flexibility index (Phi) is 11.3. The van der Waals surface area contributed by atoms with Gasteiger partial charge in [-0.15, -0.1) is 0 Å². The number of rotatable bonds is 13. The summed E-state index contributed by atoms with van der Waals surface area (Å²) in [5.74, 6) is 0.0835. The molecular formula is C27H39N5O3S2. The fourth-order valence-corrected chi connectivity index (χ4v) is 5.39. The van der Waals surface area contributed by atoms with Crippen molar-refractivity contribution in [3.05, 3.63) is 51.7 Å². The summed E-state index contributed by atoms with van der Waals surface area (Å²) in [5, 5.41) is 16.1. The summed E-state index contributed by atoms with van der Waals surface area (Å²) >= 11 is 3.08. The Balaban J connectivity index is 1.54. The van der Waals surface area contributed by atoms with Crippen molar-refractivity contribution in [2.45, 2.75) is 51.6 Å². The van der Waals surface area contributed by atoms with Gasteiger partial charge in [-0.3, -0.25) is 14.4 Å². The molecule has 37 heavy (non-hydrogen) atoms. The summed E-state index contributed by atoms with van der Waals surface area (Å²) in [7, 11) is 1.89. The Morgan fingerprint density at radius 2 is 1.76 bits per heavy atom. The lowest BCUT2D eigenvalue weighted by molar-refractivity contribution is -0.122. The van der Waals surface area contributed by atoms with Gasteiger partial charge in [0.25, 0.3) is 11.8 Å². The van der Waals surface area contributed by atoms with Crippen LogP contribution in [-0.4, -0.2) is 56.7 Å². The molecule has 3 rings (SSSR count). The van der Waals surface area contributed by atoms with E-state index in [0.717, 1.165) is 17.8 Å². The summed E-state index contributed by atoms with van der Waals surface area (Å²) in [6, 6.07) is 6.70. The Morgan fingerprint density at radius 1 is 1.05 bits per heavy atom. The molecule has 1 heterocycles. The minimum Gasteiger partial charge on any atom is -0.354 e. The third kappa shape index (κ3) is 8.76. The molecule has 0 spiro atoms. The molecule has 2 atom stereocenters. The van der Waals surface area contributed by atoms with Gasteiger partial charge in [0, 0.05) is 49.8 Å². The second-order valence-electron chi connectivity index (χ2n) is 9.53. The monoisotopic (exact) mass is 545 g/mol. The number of carbonyl (C=O) groups excluding carboxylic acids is 3. The first-order chi connectivity index (χ1) is 17.8. The molecule has 4 N–H and O–H groups in total. The van der Waals surface area contributed by atoms with Crippen LogP contribution in [0.2, 0.25) is 0 Å². The quantitative estimate of drug-likeness (QED) is 0.224. The number of nitrogens with zero attached hydrogens (tertiary/aromatic N) is 1. The maximum absolute atomic E-state index is 13.0. The van der Waals surface area contributed by atoms with Crippen LogP contribution in [0.15, 0.2) is 35.0 Å². The zero-order valence-corrected chi connectivity index (χ0v) is 23.8. The molecule has 1 saturated carbocycles. The largest absolute Gasteiger partial charge is 0.354 e. The van der Waals surface area contributed by atoms with E-state index < -0.39 is 0 Å². The molecule has 10 heteroatoms.